The van der Waals surface area contributed by atoms with Crippen LogP contribution >= 0.6 is 12.4 Å². The lowest BCUT2D eigenvalue weighted by Gasteiger charge is -2.37. The van der Waals surface area contributed by atoms with Crippen molar-refractivity contribution in [3.63, 3.8) is 0 Å². The normalized spacial score (nSPS) is 31.6. The van der Waals surface area contributed by atoms with Crippen molar-refractivity contribution in [2.75, 3.05) is 11.9 Å². The van der Waals surface area contributed by atoms with Crippen molar-refractivity contribution in [1.82, 2.24) is 4.90 Å². The lowest BCUT2D eigenvalue weighted by Crippen LogP contribution is -2.44. The summed E-state index contributed by atoms with van der Waals surface area (Å²) in [6.45, 7) is 2.14. The average molecular weight is 295 g/mol. The number of aliphatic hydroxyl groups excluding tert-OH is 1. The minimum Gasteiger partial charge on any atom is -0.393 e. The SMILES string of the molecule is Cl.OC1CC2CCC(C1)N2Cc1cccc2c1NCC2. The smallest absolute Gasteiger partial charge is 0.0570 e. The summed E-state index contributed by atoms with van der Waals surface area (Å²) in [5.41, 5.74) is 4.30. The van der Waals surface area contributed by atoms with Gasteiger partial charge >= 0.3 is 0 Å². The number of hydrogen-bond acceptors (Lipinski definition) is 3. The number of aliphatic hydroxyl groups is 1. The molecule has 0 amide bonds. The first-order chi connectivity index (χ1) is 9.31. The lowest BCUT2D eigenvalue weighted by molar-refractivity contribution is 0.0311. The van der Waals surface area contributed by atoms with Gasteiger partial charge in [0, 0.05) is 30.9 Å². The maximum absolute atomic E-state index is 9.89. The molecule has 1 aromatic carbocycles. The molecule has 0 aromatic heterocycles. The molecule has 110 valence electrons. The van der Waals surface area contributed by atoms with Crippen LogP contribution in [-0.4, -0.2) is 34.7 Å². The average Bonchev–Trinajstić information content (AvgIpc) is 2.95. The van der Waals surface area contributed by atoms with E-state index in [0.29, 0.717) is 12.1 Å². The quantitative estimate of drug-likeness (QED) is 0.880. The van der Waals surface area contributed by atoms with Crippen LogP contribution in [-0.2, 0) is 13.0 Å². The molecule has 4 heteroatoms. The van der Waals surface area contributed by atoms with Crippen LogP contribution in [0.2, 0.25) is 0 Å². The third-order valence-electron chi connectivity index (χ3n) is 5.15. The molecule has 2 bridgehead atoms. The van der Waals surface area contributed by atoms with Crippen LogP contribution in [0.25, 0.3) is 0 Å². The molecule has 3 nitrogen and oxygen atoms in total. The summed E-state index contributed by atoms with van der Waals surface area (Å²) >= 11 is 0. The molecular weight excluding hydrogens is 272 g/mol. The third kappa shape index (κ3) is 2.32. The highest BCUT2D eigenvalue weighted by molar-refractivity contribution is 5.85. The molecule has 3 aliphatic heterocycles. The topological polar surface area (TPSA) is 35.5 Å². The first-order valence-corrected chi connectivity index (χ1v) is 7.59. The Morgan fingerprint density at radius 2 is 1.95 bits per heavy atom. The predicted molar refractivity (Wildman–Crippen MR) is 83.5 cm³/mol. The second kappa shape index (κ2) is 5.55. The van der Waals surface area contributed by atoms with Crippen molar-refractivity contribution < 1.29 is 5.11 Å². The first kappa shape index (κ1) is 14.2. The number of para-hydroxylation sites is 1. The van der Waals surface area contributed by atoms with Gasteiger partial charge in [0.05, 0.1) is 6.10 Å². The van der Waals surface area contributed by atoms with Crippen LogP contribution < -0.4 is 5.32 Å². The number of nitrogens with zero attached hydrogens (tertiary/aromatic N) is 1. The van der Waals surface area contributed by atoms with E-state index in [1.807, 2.05) is 0 Å². The second-order valence-electron chi connectivity index (χ2n) is 6.31. The molecule has 2 fully saturated rings. The van der Waals surface area contributed by atoms with Gasteiger partial charge in [0.1, 0.15) is 0 Å². The molecule has 0 spiro atoms. The van der Waals surface area contributed by atoms with Gasteiger partial charge in [0.2, 0.25) is 0 Å². The standard InChI is InChI=1S/C16H22N2O.ClH/c19-15-8-13-4-5-14(9-15)18(13)10-12-3-1-2-11-6-7-17-16(11)12;/h1-3,13-15,17,19H,4-10H2;1H. The number of rotatable bonds is 2. The van der Waals surface area contributed by atoms with E-state index in [-0.39, 0.29) is 18.5 Å². The Hall–Kier alpha value is -0.770. The zero-order chi connectivity index (χ0) is 12.8. The fraction of sp³-hybridized carbons (Fsp3) is 0.625. The molecule has 2 atom stereocenters. The zero-order valence-electron chi connectivity index (χ0n) is 11.7. The Morgan fingerprint density at radius 3 is 2.70 bits per heavy atom. The highest BCUT2D eigenvalue weighted by Crippen LogP contribution is 2.38. The van der Waals surface area contributed by atoms with E-state index in [1.165, 1.54) is 29.7 Å². The molecule has 0 radical (unpaired) electrons. The summed E-state index contributed by atoms with van der Waals surface area (Å²) in [6.07, 6.45) is 5.58. The maximum Gasteiger partial charge on any atom is 0.0570 e. The summed E-state index contributed by atoms with van der Waals surface area (Å²) in [7, 11) is 0. The van der Waals surface area contributed by atoms with E-state index in [9.17, 15) is 5.11 Å². The molecule has 2 saturated heterocycles. The van der Waals surface area contributed by atoms with E-state index in [1.54, 1.807) is 0 Å². The van der Waals surface area contributed by atoms with Crippen molar-refractivity contribution >= 4 is 18.1 Å². The molecule has 0 saturated carbocycles. The molecule has 2 unspecified atom stereocenters. The Morgan fingerprint density at radius 1 is 1.20 bits per heavy atom. The Kier molecular flexibility index (Phi) is 3.93. The Balaban J connectivity index is 0.00000121. The van der Waals surface area contributed by atoms with Gasteiger partial charge in [-0.25, -0.2) is 0 Å². The number of benzene rings is 1. The number of piperidine rings is 1. The lowest BCUT2D eigenvalue weighted by atomic mass is 9.98. The molecule has 3 heterocycles. The minimum absolute atomic E-state index is 0. The fourth-order valence-corrected chi connectivity index (χ4v) is 4.24. The number of nitrogens with one attached hydrogen (secondary N) is 1. The predicted octanol–water partition coefficient (Wildman–Crippen LogP) is 2.56. The van der Waals surface area contributed by atoms with Gasteiger partial charge in [-0.15, -0.1) is 12.4 Å². The van der Waals surface area contributed by atoms with Crippen molar-refractivity contribution in [2.24, 2.45) is 0 Å². The van der Waals surface area contributed by atoms with Gasteiger partial charge in [-0.2, -0.15) is 0 Å². The summed E-state index contributed by atoms with van der Waals surface area (Å²) in [5.74, 6) is 0. The summed E-state index contributed by atoms with van der Waals surface area (Å²) in [6, 6.07) is 7.91. The van der Waals surface area contributed by atoms with Crippen LogP contribution in [0.15, 0.2) is 18.2 Å². The van der Waals surface area contributed by atoms with Gasteiger partial charge in [0.15, 0.2) is 0 Å². The highest BCUT2D eigenvalue weighted by Gasteiger charge is 2.40. The Labute approximate surface area is 126 Å². The summed E-state index contributed by atoms with van der Waals surface area (Å²) in [5, 5.41) is 13.4. The minimum atomic E-state index is -0.0617. The van der Waals surface area contributed by atoms with Crippen LogP contribution in [0, 0.1) is 0 Å². The van der Waals surface area contributed by atoms with Gasteiger partial charge < -0.3 is 10.4 Å². The van der Waals surface area contributed by atoms with Crippen molar-refractivity contribution in [1.29, 1.82) is 0 Å². The van der Waals surface area contributed by atoms with Crippen LogP contribution in [0.4, 0.5) is 5.69 Å². The number of fused-ring (bicyclic) bond motifs is 3. The van der Waals surface area contributed by atoms with E-state index >= 15 is 0 Å². The van der Waals surface area contributed by atoms with Gasteiger partial charge in [-0.3, -0.25) is 4.90 Å². The third-order valence-corrected chi connectivity index (χ3v) is 5.15. The molecular formula is C16H23ClN2O. The van der Waals surface area contributed by atoms with E-state index < -0.39 is 0 Å². The molecule has 3 aliphatic rings. The molecule has 4 rings (SSSR count). The van der Waals surface area contributed by atoms with E-state index in [4.69, 9.17) is 0 Å². The summed E-state index contributed by atoms with van der Waals surface area (Å²) in [4.78, 5) is 2.64. The first-order valence-electron chi connectivity index (χ1n) is 7.59. The molecule has 2 N–H and O–H groups in total. The van der Waals surface area contributed by atoms with Gasteiger partial charge in [-0.1, -0.05) is 18.2 Å². The van der Waals surface area contributed by atoms with Crippen LogP contribution in [0.5, 0.6) is 0 Å². The molecule has 20 heavy (non-hydrogen) atoms. The van der Waals surface area contributed by atoms with Crippen molar-refractivity contribution in [2.45, 2.75) is 56.8 Å². The number of anilines is 1. The number of halogens is 1. The largest absolute Gasteiger partial charge is 0.393 e. The van der Waals surface area contributed by atoms with Crippen LogP contribution in [0.3, 0.4) is 0 Å². The molecule has 0 aliphatic carbocycles. The van der Waals surface area contributed by atoms with Gasteiger partial charge in [-0.05, 0) is 43.2 Å². The number of hydrogen-bond donors (Lipinski definition) is 2. The highest BCUT2D eigenvalue weighted by atomic mass is 35.5. The van der Waals surface area contributed by atoms with Gasteiger partial charge in [0.25, 0.3) is 0 Å². The second-order valence-corrected chi connectivity index (χ2v) is 6.31. The van der Waals surface area contributed by atoms with E-state index in [2.05, 4.69) is 28.4 Å². The Bertz CT molecular complexity index is 479. The summed E-state index contributed by atoms with van der Waals surface area (Å²) < 4.78 is 0. The maximum atomic E-state index is 9.89. The van der Waals surface area contributed by atoms with Crippen LogP contribution in [0.1, 0.15) is 36.8 Å². The van der Waals surface area contributed by atoms with E-state index in [0.717, 1.165) is 32.4 Å². The monoisotopic (exact) mass is 294 g/mol. The van der Waals surface area contributed by atoms with Crippen molar-refractivity contribution in [3.05, 3.63) is 29.3 Å². The van der Waals surface area contributed by atoms with Crippen molar-refractivity contribution in [3.8, 4) is 0 Å². The fourth-order valence-electron chi connectivity index (χ4n) is 4.24. The zero-order valence-corrected chi connectivity index (χ0v) is 12.5. The molecule has 1 aromatic rings.